The first-order chi connectivity index (χ1) is 15.1. The Balaban J connectivity index is 0.00000544. The summed E-state index contributed by atoms with van der Waals surface area (Å²) in [5.74, 6) is 0.461. The van der Waals surface area contributed by atoms with E-state index in [1.807, 2.05) is 49.1 Å². The molecule has 0 aliphatic carbocycles. The van der Waals surface area contributed by atoms with Gasteiger partial charge in [0.25, 0.3) is 5.91 Å². The number of hydrogen-bond acceptors (Lipinski definition) is 3. The van der Waals surface area contributed by atoms with E-state index in [0.29, 0.717) is 31.2 Å². The Morgan fingerprint density at radius 3 is 2.24 bits per heavy atom. The fraction of sp³-hybridized carbons (Fsp3) is 0.391. The Morgan fingerprint density at radius 2 is 1.67 bits per heavy atom. The zero-order valence-corrected chi connectivity index (χ0v) is 21.6. The number of halogens is 4. The maximum Gasteiger partial charge on any atom is 0.416 e. The molecule has 0 aromatic heterocycles. The molecule has 33 heavy (non-hydrogen) atoms. The summed E-state index contributed by atoms with van der Waals surface area (Å²) in [4.78, 5) is 20.4. The Hall–Kier alpha value is -2.34. The minimum absolute atomic E-state index is 0. The fourth-order valence-electron chi connectivity index (χ4n) is 3.03. The van der Waals surface area contributed by atoms with Gasteiger partial charge in [-0.2, -0.15) is 13.2 Å². The fourth-order valence-corrected chi connectivity index (χ4v) is 3.03. The minimum atomic E-state index is -4.35. The normalized spacial score (nSPS) is 11.7. The highest BCUT2D eigenvalue weighted by Crippen LogP contribution is 2.29. The summed E-state index contributed by atoms with van der Waals surface area (Å²) in [6, 6.07) is 12.4. The Labute approximate surface area is 210 Å². The number of guanidine groups is 1. The third-order valence-corrected chi connectivity index (χ3v) is 4.76. The van der Waals surface area contributed by atoms with Gasteiger partial charge in [-0.3, -0.25) is 9.79 Å². The molecule has 0 fully saturated rings. The highest BCUT2D eigenvalue weighted by Gasteiger charge is 2.29. The summed E-state index contributed by atoms with van der Waals surface area (Å²) >= 11 is 0. The molecule has 0 spiro atoms. The van der Waals surface area contributed by atoms with E-state index in [9.17, 15) is 18.0 Å². The number of hydrogen-bond donors (Lipinski definition) is 2. The molecular formula is C23H31F3IN5O. The number of benzene rings is 2. The average molecular weight is 577 g/mol. The van der Waals surface area contributed by atoms with Crippen molar-refractivity contribution in [3.05, 3.63) is 70.8 Å². The summed E-state index contributed by atoms with van der Waals surface area (Å²) in [5, 5.41) is 6.11. The van der Waals surface area contributed by atoms with Gasteiger partial charge in [0.2, 0.25) is 0 Å². The van der Waals surface area contributed by atoms with Crippen molar-refractivity contribution in [2.75, 3.05) is 41.3 Å². The van der Waals surface area contributed by atoms with E-state index in [1.54, 1.807) is 13.1 Å². The number of alkyl halides is 3. The molecule has 2 aromatic carbocycles. The maximum absolute atomic E-state index is 12.7. The van der Waals surface area contributed by atoms with Gasteiger partial charge in [0.1, 0.15) is 0 Å². The van der Waals surface area contributed by atoms with Gasteiger partial charge in [0, 0.05) is 45.8 Å². The van der Waals surface area contributed by atoms with E-state index in [0.717, 1.165) is 29.8 Å². The molecule has 182 valence electrons. The SMILES string of the molecule is CN=C(NCc1cccc(C(=O)NCCN(C)C)c1)N(C)Cc1ccc(C(F)(F)F)cc1.I. The van der Waals surface area contributed by atoms with E-state index in [-0.39, 0.29) is 29.9 Å². The molecule has 6 nitrogen and oxygen atoms in total. The van der Waals surface area contributed by atoms with Crippen molar-refractivity contribution in [3.63, 3.8) is 0 Å². The second kappa shape index (κ2) is 13.4. The van der Waals surface area contributed by atoms with Gasteiger partial charge in [-0.1, -0.05) is 24.3 Å². The van der Waals surface area contributed by atoms with Crippen LogP contribution in [0.15, 0.2) is 53.5 Å². The van der Waals surface area contributed by atoms with Crippen molar-refractivity contribution in [1.82, 2.24) is 20.4 Å². The highest BCUT2D eigenvalue weighted by molar-refractivity contribution is 14.0. The summed E-state index contributed by atoms with van der Waals surface area (Å²) in [5.41, 5.74) is 1.56. The number of carbonyl (C=O) groups is 1. The van der Waals surface area contributed by atoms with Crippen molar-refractivity contribution < 1.29 is 18.0 Å². The number of likely N-dealkylation sites (N-methyl/N-ethyl adjacent to an activating group) is 1. The Kier molecular flexibility index (Phi) is 11.6. The topological polar surface area (TPSA) is 60.0 Å². The average Bonchev–Trinajstić information content (AvgIpc) is 2.74. The first kappa shape index (κ1) is 28.7. The van der Waals surface area contributed by atoms with Gasteiger partial charge in [0.05, 0.1) is 5.56 Å². The zero-order chi connectivity index (χ0) is 23.7. The smallest absolute Gasteiger partial charge is 0.352 e. The summed E-state index contributed by atoms with van der Waals surface area (Å²) in [6.07, 6.45) is -4.35. The van der Waals surface area contributed by atoms with E-state index in [2.05, 4.69) is 15.6 Å². The van der Waals surface area contributed by atoms with E-state index >= 15 is 0 Å². The van der Waals surface area contributed by atoms with Crippen molar-refractivity contribution in [3.8, 4) is 0 Å². The van der Waals surface area contributed by atoms with Crippen molar-refractivity contribution in [2.45, 2.75) is 19.3 Å². The van der Waals surface area contributed by atoms with Crippen LogP contribution in [0.2, 0.25) is 0 Å². The van der Waals surface area contributed by atoms with Crippen LogP contribution in [0.25, 0.3) is 0 Å². The number of carbonyl (C=O) groups excluding carboxylic acids is 1. The number of aliphatic imine (C=N–C) groups is 1. The van der Waals surface area contributed by atoms with Crippen LogP contribution in [-0.4, -0.2) is 62.9 Å². The second-order valence-electron chi connectivity index (χ2n) is 7.71. The third-order valence-electron chi connectivity index (χ3n) is 4.76. The predicted molar refractivity (Wildman–Crippen MR) is 136 cm³/mol. The second-order valence-corrected chi connectivity index (χ2v) is 7.71. The van der Waals surface area contributed by atoms with Gasteiger partial charge in [-0.15, -0.1) is 24.0 Å². The lowest BCUT2D eigenvalue weighted by molar-refractivity contribution is -0.137. The molecule has 0 bridgehead atoms. The Morgan fingerprint density at radius 1 is 1.00 bits per heavy atom. The maximum atomic E-state index is 12.7. The Bertz CT molecular complexity index is 917. The first-order valence-corrected chi connectivity index (χ1v) is 10.2. The number of amides is 1. The van der Waals surface area contributed by atoms with Crippen molar-refractivity contribution in [1.29, 1.82) is 0 Å². The number of nitrogens with one attached hydrogen (secondary N) is 2. The molecule has 0 saturated heterocycles. The van der Waals surface area contributed by atoms with E-state index < -0.39 is 11.7 Å². The van der Waals surface area contributed by atoms with Crippen LogP contribution >= 0.6 is 24.0 Å². The van der Waals surface area contributed by atoms with Crippen molar-refractivity contribution >= 4 is 35.8 Å². The van der Waals surface area contributed by atoms with Crippen LogP contribution in [0.5, 0.6) is 0 Å². The number of rotatable bonds is 8. The van der Waals surface area contributed by atoms with E-state index in [4.69, 9.17) is 0 Å². The largest absolute Gasteiger partial charge is 0.416 e. The molecule has 0 atom stereocenters. The predicted octanol–water partition coefficient (Wildman–Crippen LogP) is 3.82. The van der Waals surface area contributed by atoms with Gasteiger partial charge < -0.3 is 20.4 Å². The van der Waals surface area contributed by atoms with Gasteiger partial charge in [-0.25, -0.2) is 0 Å². The summed E-state index contributed by atoms with van der Waals surface area (Å²) < 4.78 is 38.2. The molecular weight excluding hydrogens is 546 g/mol. The lowest BCUT2D eigenvalue weighted by atomic mass is 10.1. The van der Waals surface area contributed by atoms with Crippen LogP contribution < -0.4 is 10.6 Å². The summed E-state index contributed by atoms with van der Waals surface area (Å²) in [7, 11) is 7.33. The first-order valence-electron chi connectivity index (χ1n) is 10.2. The molecule has 2 rings (SSSR count). The van der Waals surface area contributed by atoms with Crippen LogP contribution in [-0.2, 0) is 19.3 Å². The van der Waals surface area contributed by atoms with Gasteiger partial charge in [-0.05, 0) is 49.5 Å². The summed E-state index contributed by atoms with van der Waals surface area (Å²) in [6.45, 7) is 2.17. The van der Waals surface area contributed by atoms with E-state index in [1.165, 1.54) is 12.1 Å². The van der Waals surface area contributed by atoms with Crippen LogP contribution in [0, 0.1) is 0 Å². The lowest BCUT2D eigenvalue weighted by Crippen LogP contribution is -2.38. The van der Waals surface area contributed by atoms with Gasteiger partial charge in [0.15, 0.2) is 5.96 Å². The standard InChI is InChI=1S/C23H30F3N5O.HI/c1-27-22(31(4)16-17-8-10-20(11-9-17)23(24,25)26)29-15-18-6-5-7-19(14-18)21(32)28-12-13-30(2)3;/h5-11,14H,12-13,15-16H2,1-4H3,(H,27,29)(H,28,32);1H. The molecule has 2 aromatic rings. The molecule has 0 aliphatic rings. The van der Waals surface area contributed by atoms with Crippen LogP contribution in [0.3, 0.4) is 0 Å². The molecule has 0 aliphatic heterocycles. The molecule has 10 heteroatoms. The molecule has 0 radical (unpaired) electrons. The molecule has 2 N–H and O–H groups in total. The third kappa shape index (κ3) is 9.58. The van der Waals surface area contributed by atoms with Crippen molar-refractivity contribution in [2.24, 2.45) is 4.99 Å². The number of nitrogens with zero attached hydrogens (tertiary/aromatic N) is 3. The zero-order valence-electron chi connectivity index (χ0n) is 19.2. The molecule has 0 heterocycles. The van der Waals surface area contributed by atoms with Crippen LogP contribution in [0.4, 0.5) is 13.2 Å². The lowest BCUT2D eigenvalue weighted by Gasteiger charge is -2.22. The molecule has 0 unspecified atom stereocenters. The minimum Gasteiger partial charge on any atom is -0.352 e. The van der Waals surface area contributed by atoms with Crippen LogP contribution in [0.1, 0.15) is 27.0 Å². The monoisotopic (exact) mass is 577 g/mol. The molecule has 1 amide bonds. The van der Waals surface area contributed by atoms with Gasteiger partial charge >= 0.3 is 6.18 Å². The quantitative estimate of drug-likeness (QED) is 0.285. The molecule has 0 saturated carbocycles. The highest BCUT2D eigenvalue weighted by atomic mass is 127.